The van der Waals surface area contributed by atoms with E-state index in [1.165, 1.54) is 4.90 Å². The lowest BCUT2D eigenvalue weighted by atomic mass is 10.1. The van der Waals surface area contributed by atoms with Crippen molar-refractivity contribution in [2.45, 2.75) is 13.0 Å². The van der Waals surface area contributed by atoms with Crippen molar-refractivity contribution in [2.24, 2.45) is 5.92 Å². The first-order valence-corrected chi connectivity index (χ1v) is 5.82. The maximum atomic E-state index is 11.8. The Hall–Kier alpha value is -2.11. The predicted molar refractivity (Wildman–Crippen MR) is 63.8 cm³/mol. The molecule has 2 rings (SSSR count). The van der Waals surface area contributed by atoms with Gasteiger partial charge in [-0.05, 0) is 18.6 Å². The monoisotopic (exact) mass is 249 g/mol. The number of rotatable bonds is 3. The molecule has 1 atom stereocenters. The van der Waals surface area contributed by atoms with E-state index >= 15 is 0 Å². The molecule has 0 aliphatic carbocycles. The second-order valence-corrected chi connectivity index (χ2v) is 4.25. The number of carbonyl (C=O) groups is 2. The van der Waals surface area contributed by atoms with Crippen LogP contribution < -0.4 is 5.32 Å². The van der Waals surface area contributed by atoms with Crippen LogP contribution in [0.3, 0.4) is 0 Å². The molecule has 1 aliphatic rings. The number of amides is 2. The van der Waals surface area contributed by atoms with Gasteiger partial charge in [0.1, 0.15) is 0 Å². The van der Waals surface area contributed by atoms with E-state index in [0.717, 1.165) is 5.69 Å². The van der Waals surface area contributed by atoms with Crippen LogP contribution in [0.2, 0.25) is 0 Å². The fraction of sp³-hybridized carbons (Fsp3) is 0.417. The zero-order valence-corrected chi connectivity index (χ0v) is 9.87. The number of carboxylic acids is 1. The lowest BCUT2D eigenvalue weighted by Gasteiger charge is -2.16. The standard InChI is InChI=1S/C12H15N3O3/c16-11(17)9-4-6-15(8-9)12(18)14-7-10-3-1-2-5-13-10/h1-3,5,9H,4,6-8H2,(H,14,18)(H,16,17). The maximum Gasteiger partial charge on any atom is 0.317 e. The van der Waals surface area contributed by atoms with Crippen LogP contribution in [0.5, 0.6) is 0 Å². The van der Waals surface area contributed by atoms with Crippen molar-refractivity contribution in [3.63, 3.8) is 0 Å². The van der Waals surface area contributed by atoms with Crippen LogP contribution >= 0.6 is 0 Å². The van der Waals surface area contributed by atoms with E-state index in [0.29, 0.717) is 19.5 Å². The Kier molecular flexibility index (Phi) is 3.76. The van der Waals surface area contributed by atoms with Gasteiger partial charge in [0.25, 0.3) is 0 Å². The number of hydrogen-bond acceptors (Lipinski definition) is 3. The van der Waals surface area contributed by atoms with Gasteiger partial charge >= 0.3 is 12.0 Å². The van der Waals surface area contributed by atoms with Gasteiger partial charge in [0.2, 0.25) is 0 Å². The van der Waals surface area contributed by atoms with Crippen molar-refractivity contribution < 1.29 is 14.7 Å². The zero-order valence-electron chi connectivity index (χ0n) is 9.87. The van der Waals surface area contributed by atoms with E-state index in [1.54, 1.807) is 6.20 Å². The summed E-state index contributed by atoms with van der Waals surface area (Å²) in [6, 6.07) is 5.25. The van der Waals surface area contributed by atoms with E-state index in [4.69, 9.17) is 5.11 Å². The molecule has 1 aromatic heterocycles. The molecule has 2 amide bonds. The van der Waals surface area contributed by atoms with Gasteiger partial charge in [-0.3, -0.25) is 9.78 Å². The number of aromatic nitrogens is 1. The van der Waals surface area contributed by atoms with Crippen molar-refractivity contribution >= 4 is 12.0 Å². The molecule has 0 bridgehead atoms. The van der Waals surface area contributed by atoms with E-state index in [9.17, 15) is 9.59 Å². The highest BCUT2D eigenvalue weighted by Crippen LogP contribution is 2.16. The summed E-state index contributed by atoms with van der Waals surface area (Å²) in [4.78, 5) is 28.2. The van der Waals surface area contributed by atoms with Gasteiger partial charge in [-0.1, -0.05) is 6.07 Å². The maximum absolute atomic E-state index is 11.8. The number of urea groups is 1. The first-order valence-electron chi connectivity index (χ1n) is 5.82. The molecule has 2 N–H and O–H groups in total. The SMILES string of the molecule is O=C(O)C1CCN(C(=O)NCc2ccccn2)C1. The largest absolute Gasteiger partial charge is 0.481 e. The van der Waals surface area contributed by atoms with Gasteiger partial charge in [0.15, 0.2) is 0 Å². The highest BCUT2D eigenvalue weighted by molar-refractivity contribution is 5.77. The summed E-state index contributed by atoms with van der Waals surface area (Å²) >= 11 is 0. The molecule has 0 aromatic carbocycles. The van der Waals surface area contributed by atoms with Crippen LogP contribution in [-0.4, -0.2) is 40.1 Å². The van der Waals surface area contributed by atoms with E-state index in [2.05, 4.69) is 10.3 Å². The Balaban J connectivity index is 1.81. The molecule has 1 aliphatic heterocycles. The van der Waals surface area contributed by atoms with Crippen LogP contribution in [0.4, 0.5) is 4.79 Å². The smallest absolute Gasteiger partial charge is 0.317 e. The van der Waals surface area contributed by atoms with Crippen molar-refractivity contribution in [1.82, 2.24) is 15.2 Å². The lowest BCUT2D eigenvalue weighted by Crippen LogP contribution is -2.38. The number of carboxylic acid groups (broad SMARTS) is 1. The van der Waals surface area contributed by atoms with Crippen molar-refractivity contribution in [1.29, 1.82) is 0 Å². The van der Waals surface area contributed by atoms with E-state index in [-0.39, 0.29) is 12.6 Å². The number of nitrogens with zero attached hydrogens (tertiary/aromatic N) is 2. The molecule has 96 valence electrons. The summed E-state index contributed by atoms with van der Waals surface area (Å²) in [5.41, 5.74) is 0.778. The average Bonchev–Trinajstić information content (AvgIpc) is 2.87. The number of aliphatic carboxylic acids is 1. The zero-order chi connectivity index (χ0) is 13.0. The minimum atomic E-state index is -0.838. The third kappa shape index (κ3) is 2.97. The lowest BCUT2D eigenvalue weighted by molar-refractivity contribution is -0.141. The number of hydrogen-bond donors (Lipinski definition) is 2. The van der Waals surface area contributed by atoms with Crippen molar-refractivity contribution in [3.05, 3.63) is 30.1 Å². The molecule has 1 fully saturated rings. The Morgan fingerprint density at radius 1 is 1.50 bits per heavy atom. The van der Waals surface area contributed by atoms with Crippen LogP contribution in [0.15, 0.2) is 24.4 Å². The number of pyridine rings is 1. The summed E-state index contributed by atoms with van der Waals surface area (Å²) in [7, 11) is 0. The first-order chi connectivity index (χ1) is 8.66. The van der Waals surface area contributed by atoms with E-state index < -0.39 is 11.9 Å². The predicted octanol–water partition coefficient (Wildman–Crippen LogP) is 0.698. The number of nitrogens with one attached hydrogen (secondary N) is 1. The molecular weight excluding hydrogens is 234 g/mol. The molecule has 1 saturated heterocycles. The third-order valence-corrected chi connectivity index (χ3v) is 2.97. The van der Waals surface area contributed by atoms with Gasteiger partial charge in [-0.15, -0.1) is 0 Å². The first kappa shape index (κ1) is 12.3. The van der Waals surface area contributed by atoms with Gasteiger partial charge in [-0.25, -0.2) is 4.79 Å². The second-order valence-electron chi connectivity index (χ2n) is 4.25. The highest BCUT2D eigenvalue weighted by atomic mass is 16.4. The summed E-state index contributed by atoms with van der Waals surface area (Å²) in [5.74, 6) is -1.28. The molecule has 6 heteroatoms. The number of likely N-dealkylation sites (tertiary alicyclic amines) is 1. The molecule has 0 saturated carbocycles. The van der Waals surface area contributed by atoms with Crippen LogP contribution in [0.1, 0.15) is 12.1 Å². The van der Waals surface area contributed by atoms with Crippen molar-refractivity contribution in [3.8, 4) is 0 Å². The van der Waals surface area contributed by atoms with Gasteiger partial charge in [0.05, 0.1) is 18.2 Å². The van der Waals surface area contributed by atoms with Crippen LogP contribution in [0, 0.1) is 5.92 Å². The summed E-state index contributed by atoms with van der Waals surface area (Å²) in [6.07, 6.45) is 2.18. The molecule has 2 heterocycles. The van der Waals surface area contributed by atoms with E-state index in [1.807, 2.05) is 18.2 Å². The minimum Gasteiger partial charge on any atom is -0.481 e. The topological polar surface area (TPSA) is 82.5 Å². The molecular formula is C12H15N3O3. The quantitative estimate of drug-likeness (QED) is 0.826. The molecule has 6 nitrogen and oxygen atoms in total. The van der Waals surface area contributed by atoms with Crippen molar-refractivity contribution in [2.75, 3.05) is 13.1 Å². The fourth-order valence-electron chi connectivity index (χ4n) is 1.93. The fourth-order valence-corrected chi connectivity index (χ4v) is 1.93. The Morgan fingerprint density at radius 3 is 2.94 bits per heavy atom. The molecule has 1 unspecified atom stereocenters. The minimum absolute atomic E-state index is 0.232. The second kappa shape index (κ2) is 5.48. The van der Waals surface area contributed by atoms with Gasteiger partial charge in [0, 0.05) is 19.3 Å². The molecule has 0 spiro atoms. The molecule has 18 heavy (non-hydrogen) atoms. The third-order valence-electron chi connectivity index (χ3n) is 2.97. The Labute approximate surface area is 105 Å². The van der Waals surface area contributed by atoms with Gasteiger partial charge in [-0.2, -0.15) is 0 Å². The van der Waals surface area contributed by atoms with Gasteiger partial charge < -0.3 is 15.3 Å². The highest BCUT2D eigenvalue weighted by Gasteiger charge is 2.30. The molecule has 0 radical (unpaired) electrons. The number of carbonyl (C=O) groups excluding carboxylic acids is 1. The summed E-state index contributed by atoms with van der Waals surface area (Å²) in [6.45, 7) is 1.13. The molecule has 1 aromatic rings. The normalized spacial score (nSPS) is 18.7. The average molecular weight is 249 g/mol. The van der Waals surface area contributed by atoms with Crippen LogP contribution in [-0.2, 0) is 11.3 Å². The Morgan fingerprint density at radius 2 is 2.33 bits per heavy atom. The summed E-state index contributed by atoms with van der Waals surface area (Å²) < 4.78 is 0. The summed E-state index contributed by atoms with van der Waals surface area (Å²) in [5, 5.41) is 11.6. The van der Waals surface area contributed by atoms with Crippen LogP contribution in [0.25, 0.3) is 0 Å². The Bertz CT molecular complexity index is 435.